The van der Waals surface area contributed by atoms with Gasteiger partial charge in [-0.3, -0.25) is 4.98 Å². The maximum absolute atomic E-state index is 10.4. The van der Waals surface area contributed by atoms with Gasteiger partial charge < -0.3 is 5.11 Å². The smallest absolute Gasteiger partial charge is 0.100 e. The van der Waals surface area contributed by atoms with Gasteiger partial charge in [0.25, 0.3) is 0 Å². The first-order chi connectivity index (χ1) is 9.84. The molecule has 0 amide bonds. The molecule has 1 aromatic carbocycles. The van der Waals surface area contributed by atoms with Gasteiger partial charge in [0, 0.05) is 25.0 Å². The van der Waals surface area contributed by atoms with Crippen LogP contribution in [-0.2, 0) is 6.42 Å². The summed E-state index contributed by atoms with van der Waals surface area (Å²) < 4.78 is 1.76. The molecular weight excluding hydrogens is 250 g/mol. The Balaban J connectivity index is 1.86. The van der Waals surface area contributed by atoms with Crippen LogP contribution in [0.2, 0.25) is 0 Å². The van der Waals surface area contributed by atoms with Gasteiger partial charge in [-0.25, -0.2) is 4.68 Å². The van der Waals surface area contributed by atoms with Crippen molar-refractivity contribution in [2.24, 2.45) is 0 Å². The first-order valence-corrected chi connectivity index (χ1v) is 6.51. The van der Waals surface area contributed by atoms with Crippen LogP contribution in [0.15, 0.2) is 67.1 Å². The van der Waals surface area contributed by atoms with Crippen LogP contribution in [0.25, 0.3) is 5.69 Å². The number of nitrogens with zero attached hydrogens (tertiary/aromatic N) is 3. The van der Waals surface area contributed by atoms with E-state index in [9.17, 15) is 5.11 Å². The minimum Gasteiger partial charge on any atom is -0.386 e. The zero-order valence-corrected chi connectivity index (χ0v) is 10.9. The molecule has 2 aromatic heterocycles. The highest BCUT2D eigenvalue weighted by atomic mass is 16.3. The lowest BCUT2D eigenvalue weighted by atomic mass is 10.1. The first kappa shape index (κ1) is 12.6. The largest absolute Gasteiger partial charge is 0.386 e. The van der Waals surface area contributed by atoms with Crippen LogP contribution < -0.4 is 0 Å². The topological polar surface area (TPSA) is 50.9 Å². The van der Waals surface area contributed by atoms with E-state index in [4.69, 9.17) is 0 Å². The lowest BCUT2D eigenvalue weighted by Gasteiger charge is -2.13. The van der Waals surface area contributed by atoms with Gasteiger partial charge in [0.1, 0.15) is 6.10 Å². The number of pyridine rings is 1. The van der Waals surface area contributed by atoms with Gasteiger partial charge >= 0.3 is 0 Å². The molecule has 0 saturated heterocycles. The fourth-order valence-corrected chi connectivity index (χ4v) is 2.20. The van der Waals surface area contributed by atoms with Crippen LogP contribution in [0.1, 0.15) is 17.4 Å². The fourth-order valence-electron chi connectivity index (χ4n) is 2.20. The summed E-state index contributed by atoms with van der Waals surface area (Å²) >= 11 is 0. The molecule has 0 bridgehead atoms. The van der Waals surface area contributed by atoms with E-state index in [2.05, 4.69) is 10.1 Å². The molecule has 1 N–H and O–H groups in total. The van der Waals surface area contributed by atoms with E-state index in [1.165, 1.54) is 0 Å². The molecule has 0 saturated carbocycles. The van der Waals surface area contributed by atoms with Crippen LogP contribution in [0.5, 0.6) is 0 Å². The van der Waals surface area contributed by atoms with Crippen molar-refractivity contribution in [3.8, 4) is 5.69 Å². The lowest BCUT2D eigenvalue weighted by Crippen LogP contribution is -2.09. The summed E-state index contributed by atoms with van der Waals surface area (Å²) in [5.41, 5.74) is 2.72. The molecule has 0 spiro atoms. The molecule has 0 fully saturated rings. The van der Waals surface area contributed by atoms with Crippen molar-refractivity contribution in [1.29, 1.82) is 0 Å². The SMILES string of the molecule is OC(Cc1cccnc1)c1ccnn1-c1ccccc1. The Morgan fingerprint density at radius 2 is 1.85 bits per heavy atom. The standard InChI is InChI=1S/C16H15N3O/c20-16(11-13-5-4-9-17-12-13)15-8-10-18-19(15)14-6-2-1-3-7-14/h1-10,12,16,20H,11H2. The van der Waals surface area contributed by atoms with E-state index in [1.807, 2.05) is 48.5 Å². The number of aliphatic hydroxyl groups is 1. The highest BCUT2D eigenvalue weighted by Crippen LogP contribution is 2.20. The highest BCUT2D eigenvalue weighted by Gasteiger charge is 2.14. The number of benzene rings is 1. The van der Waals surface area contributed by atoms with Crippen molar-refractivity contribution in [3.05, 3.63) is 78.4 Å². The zero-order chi connectivity index (χ0) is 13.8. The number of rotatable bonds is 4. The molecule has 0 aliphatic carbocycles. The molecule has 3 aromatic rings. The van der Waals surface area contributed by atoms with Crippen molar-refractivity contribution < 1.29 is 5.11 Å². The normalized spacial score (nSPS) is 12.2. The number of aromatic nitrogens is 3. The summed E-state index contributed by atoms with van der Waals surface area (Å²) in [6, 6.07) is 15.5. The van der Waals surface area contributed by atoms with Crippen molar-refractivity contribution in [1.82, 2.24) is 14.8 Å². The minimum absolute atomic E-state index is 0.520. The van der Waals surface area contributed by atoms with Crippen molar-refractivity contribution in [2.75, 3.05) is 0 Å². The molecule has 0 aliphatic rings. The molecule has 100 valence electrons. The molecule has 2 heterocycles. The lowest BCUT2D eigenvalue weighted by molar-refractivity contribution is 0.170. The molecule has 0 radical (unpaired) electrons. The summed E-state index contributed by atoms with van der Waals surface area (Å²) in [6.07, 6.45) is 5.11. The van der Waals surface area contributed by atoms with E-state index in [0.29, 0.717) is 6.42 Å². The molecule has 3 rings (SSSR count). The first-order valence-electron chi connectivity index (χ1n) is 6.51. The maximum atomic E-state index is 10.4. The Morgan fingerprint density at radius 1 is 1.00 bits per heavy atom. The van der Waals surface area contributed by atoms with Crippen LogP contribution in [0.4, 0.5) is 0 Å². The summed E-state index contributed by atoms with van der Waals surface area (Å²) in [4.78, 5) is 4.07. The second-order valence-electron chi connectivity index (χ2n) is 4.58. The van der Waals surface area contributed by atoms with Gasteiger partial charge in [0.2, 0.25) is 0 Å². The Kier molecular flexibility index (Phi) is 3.56. The molecule has 4 heteroatoms. The van der Waals surface area contributed by atoms with Crippen LogP contribution in [0, 0.1) is 0 Å². The highest BCUT2D eigenvalue weighted by molar-refractivity contribution is 5.33. The second-order valence-corrected chi connectivity index (χ2v) is 4.58. The number of hydrogen-bond acceptors (Lipinski definition) is 3. The van der Waals surface area contributed by atoms with Crippen molar-refractivity contribution in [2.45, 2.75) is 12.5 Å². The third-order valence-corrected chi connectivity index (χ3v) is 3.17. The average molecular weight is 265 g/mol. The number of aliphatic hydroxyl groups excluding tert-OH is 1. The monoisotopic (exact) mass is 265 g/mol. The predicted molar refractivity (Wildman–Crippen MR) is 76.5 cm³/mol. The van der Waals surface area contributed by atoms with Gasteiger partial charge in [-0.05, 0) is 29.8 Å². The number of hydrogen-bond donors (Lipinski definition) is 1. The van der Waals surface area contributed by atoms with Gasteiger partial charge in [-0.15, -0.1) is 0 Å². The second kappa shape index (κ2) is 5.67. The summed E-state index contributed by atoms with van der Waals surface area (Å²) in [6.45, 7) is 0. The minimum atomic E-state index is -0.609. The van der Waals surface area contributed by atoms with E-state index in [1.54, 1.807) is 23.3 Å². The van der Waals surface area contributed by atoms with Gasteiger partial charge in [0.05, 0.1) is 11.4 Å². The van der Waals surface area contributed by atoms with Crippen LogP contribution in [-0.4, -0.2) is 19.9 Å². The van der Waals surface area contributed by atoms with Crippen molar-refractivity contribution >= 4 is 0 Å². The van der Waals surface area contributed by atoms with E-state index >= 15 is 0 Å². The van der Waals surface area contributed by atoms with Gasteiger partial charge in [-0.2, -0.15) is 5.10 Å². The fraction of sp³-hybridized carbons (Fsp3) is 0.125. The third-order valence-electron chi connectivity index (χ3n) is 3.17. The maximum Gasteiger partial charge on any atom is 0.100 e. The summed E-state index contributed by atoms with van der Waals surface area (Å²) in [5, 5.41) is 14.7. The zero-order valence-electron chi connectivity index (χ0n) is 10.9. The van der Waals surface area contributed by atoms with Gasteiger partial charge in [0.15, 0.2) is 0 Å². The molecule has 0 aliphatic heterocycles. The molecule has 1 atom stereocenters. The molecule has 20 heavy (non-hydrogen) atoms. The predicted octanol–water partition coefficient (Wildman–Crippen LogP) is 2.54. The van der Waals surface area contributed by atoms with E-state index in [-0.39, 0.29) is 0 Å². The Morgan fingerprint density at radius 3 is 2.60 bits per heavy atom. The third kappa shape index (κ3) is 2.60. The van der Waals surface area contributed by atoms with Crippen LogP contribution >= 0.6 is 0 Å². The average Bonchev–Trinajstić information content (AvgIpc) is 2.99. The van der Waals surface area contributed by atoms with E-state index < -0.39 is 6.10 Å². The Hall–Kier alpha value is -2.46. The van der Waals surface area contributed by atoms with Crippen LogP contribution in [0.3, 0.4) is 0 Å². The summed E-state index contributed by atoms with van der Waals surface area (Å²) in [5.74, 6) is 0. The molecular formula is C16H15N3O. The van der Waals surface area contributed by atoms with Crippen molar-refractivity contribution in [3.63, 3.8) is 0 Å². The Bertz CT molecular complexity index is 664. The summed E-state index contributed by atoms with van der Waals surface area (Å²) in [7, 11) is 0. The number of para-hydroxylation sites is 1. The molecule has 4 nitrogen and oxygen atoms in total. The quantitative estimate of drug-likeness (QED) is 0.788. The molecule has 1 unspecified atom stereocenters. The van der Waals surface area contributed by atoms with E-state index in [0.717, 1.165) is 16.9 Å². The Labute approximate surface area is 117 Å². The van der Waals surface area contributed by atoms with Gasteiger partial charge in [-0.1, -0.05) is 24.3 Å².